The van der Waals surface area contributed by atoms with Crippen molar-refractivity contribution in [2.45, 2.75) is 57.6 Å². The quantitative estimate of drug-likeness (QED) is 0.811. The molecule has 1 heterocycles. The summed E-state index contributed by atoms with van der Waals surface area (Å²) in [5, 5.41) is 5.54. The third-order valence-electron chi connectivity index (χ3n) is 3.91. The third kappa shape index (κ3) is 4.49. The van der Waals surface area contributed by atoms with E-state index in [1.807, 2.05) is 0 Å². The summed E-state index contributed by atoms with van der Waals surface area (Å²) in [6.07, 6.45) is 6.66. The number of hydrogen-bond acceptors (Lipinski definition) is 5. The molecule has 1 amide bonds. The molecule has 1 aromatic heterocycles. The lowest BCUT2D eigenvalue weighted by atomic mass is 9.84. The van der Waals surface area contributed by atoms with Crippen molar-refractivity contribution in [1.29, 1.82) is 0 Å². The van der Waals surface area contributed by atoms with Crippen LogP contribution in [0.1, 0.15) is 60.9 Å². The molecule has 6 heteroatoms. The van der Waals surface area contributed by atoms with Crippen molar-refractivity contribution in [2.75, 3.05) is 13.2 Å². The molecule has 1 saturated carbocycles. The van der Waals surface area contributed by atoms with Crippen LogP contribution in [0.15, 0.2) is 5.38 Å². The molecule has 5 nitrogen and oxygen atoms in total. The summed E-state index contributed by atoms with van der Waals surface area (Å²) in [7, 11) is 0. The van der Waals surface area contributed by atoms with Gasteiger partial charge >= 0.3 is 0 Å². The molecule has 2 rings (SSSR count). The predicted molar refractivity (Wildman–Crippen MR) is 84.4 cm³/mol. The van der Waals surface area contributed by atoms with Crippen LogP contribution < -0.4 is 11.1 Å². The van der Waals surface area contributed by atoms with Gasteiger partial charge in [-0.1, -0.05) is 26.2 Å². The number of aromatic nitrogens is 1. The predicted octanol–water partition coefficient (Wildman–Crippen LogP) is 2.46. The summed E-state index contributed by atoms with van der Waals surface area (Å²) < 4.78 is 6.08. The van der Waals surface area contributed by atoms with Gasteiger partial charge in [0.15, 0.2) is 0 Å². The van der Waals surface area contributed by atoms with E-state index in [9.17, 15) is 4.79 Å². The Morgan fingerprint density at radius 2 is 2.24 bits per heavy atom. The first-order chi connectivity index (χ1) is 10.2. The molecule has 0 atom stereocenters. The molecular formula is C15H25N3O2S. The molecule has 0 aliphatic heterocycles. The van der Waals surface area contributed by atoms with E-state index in [0.717, 1.165) is 30.9 Å². The largest absolute Gasteiger partial charge is 0.373 e. The van der Waals surface area contributed by atoms with E-state index >= 15 is 0 Å². The van der Waals surface area contributed by atoms with E-state index in [0.29, 0.717) is 18.8 Å². The molecule has 1 aliphatic carbocycles. The van der Waals surface area contributed by atoms with Crippen LogP contribution >= 0.6 is 11.3 Å². The number of nitrogens with two attached hydrogens (primary N) is 1. The Bertz CT molecular complexity index is 456. The smallest absolute Gasteiger partial charge is 0.270 e. The van der Waals surface area contributed by atoms with Crippen molar-refractivity contribution < 1.29 is 9.53 Å². The first-order valence-electron chi connectivity index (χ1n) is 7.76. The first kappa shape index (κ1) is 16.4. The van der Waals surface area contributed by atoms with Gasteiger partial charge in [0.05, 0.1) is 5.60 Å². The van der Waals surface area contributed by atoms with Crippen LogP contribution in [0.4, 0.5) is 0 Å². The van der Waals surface area contributed by atoms with Gasteiger partial charge in [0.2, 0.25) is 0 Å². The van der Waals surface area contributed by atoms with Gasteiger partial charge in [0.25, 0.3) is 5.91 Å². The molecular weight excluding hydrogens is 286 g/mol. The van der Waals surface area contributed by atoms with Crippen LogP contribution in [0, 0.1) is 0 Å². The number of hydrogen-bond donors (Lipinski definition) is 2. The van der Waals surface area contributed by atoms with Crippen LogP contribution in [0.2, 0.25) is 0 Å². The maximum atomic E-state index is 12.2. The number of thiazole rings is 1. The highest BCUT2D eigenvalue weighted by molar-refractivity contribution is 7.09. The Hall–Kier alpha value is -0.980. The van der Waals surface area contributed by atoms with Crippen molar-refractivity contribution >= 4 is 17.2 Å². The standard InChI is InChI=1S/C15H25N3O2S/c1-2-8-20-15(6-4-3-5-7-15)11-17-14(19)12-10-21-13(9-16)18-12/h10H,2-9,11,16H2,1H3,(H,17,19). The lowest BCUT2D eigenvalue weighted by Gasteiger charge is -2.37. The highest BCUT2D eigenvalue weighted by atomic mass is 32.1. The molecule has 0 bridgehead atoms. The molecule has 0 saturated heterocycles. The maximum Gasteiger partial charge on any atom is 0.270 e. The SMILES string of the molecule is CCCOC1(CNC(=O)c2csc(CN)n2)CCCCC1. The number of rotatable bonds is 7. The highest BCUT2D eigenvalue weighted by Gasteiger charge is 2.33. The van der Waals surface area contributed by atoms with Gasteiger partial charge in [-0.25, -0.2) is 4.98 Å². The number of nitrogens with zero attached hydrogens (tertiary/aromatic N) is 1. The minimum Gasteiger partial charge on any atom is -0.373 e. The van der Waals surface area contributed by atoms with Gasteiger partial charge in [-0.3, -0.25) is 4.79 Å². The first-order valence-corrected chi connectivity index (χ1v) is 8.64. The summed E-state index contributed by atoms with van der Waals surface area (Å²) in [6, 6.07) is 0. The van der Waals surface area contributed by atoms with E-state index in [2.05, 4.69) is 17.2 Å². The molecule has 0 aromatic carbocycles. The van der Waals surface area contributed by atoms with E-state index < -0.39 is 0 Å². The maximum absolute atomic E-state index is 12.2. The fourth-order valence-electron chi connectivity index (χ4n) is 2.73. The summed E-state index contributed by atoms with van der Waals surface area (Å²) >= 11 is 1.42. The van der Waals surface area contributed by atoms with Crippen molar-refractivity contribution in [2.24, 2.45) is 5.73 Å². The topological polar surface area (TPSA) is 77.2 Å². The second kappa shape index (κ2) is 7.87. The van der Waals surface area contributed by atoms with Crippen LogP contribution in [0.3, 0.4) is 0 Å². The van der Waals surface area contributed by atoms with Crippen LogP contribution in [-0.2, 0) is 11.3 Å². The van der Waals surface area contributed by atoms with Crippen molar-refractivity contribution in [3.63, 3.8) is 0 Å². The molecule has 3 N–H and O–H groups in total. The number of carbonyl (C=O) groups excluding carboxylic acids is 1. The second-order valence-electron chi connectivity index (χ2n) is 5.61. The Morgan fingerprint density at radius 1 is 1.48 bits per heavy atom. The zero-order chi connectivity index (χ0) is 15.1. The number of carbonyl (C=O) groups is 1. The van der Waals surface area contributed by atoms with Gasteiger partial charge in [0.1, 0.15) is 10.7 Å². The fourth-order valence-corrected chi connectivity index (χ4v) is 3.38. The lowest BCUT2D eigenvalue weighted by molar-refractivity contribution is -0.0669. The Kier molecular flexibility index (Phi) is 6.14. The monoisotopic (exact) mass is 311 g/mol. The zero-order valence-corrected chi connectivity index (χ0v) is 13.5. The molecule has 1 aliphatic rings. The van der Waals surface area contributed by atoms with Crippen molar-refractivity contribution in [1.82, 2.24) is 10.3 Å². The second-order valence-corrected chi connectivity index (χ2v) is 6.55. The van der Waals surface area contributed by atoms with Gasteiger partial charge < -0.3 is 15.8 Å². The molecule has 0 unspecified atom stereocenters. The average molecular weight is 311 g/mol. The third-order valence-corrected chi connectivity index (χ3v) is 4.78. The average Bonchev–Trinajstić information content (AvgIpc) is 3.01. The Balaban J connectivity index is 1.92. The minimum atomic E-state index is -0.184. The van der Waals surface area contributed by atoms with E-state index in [1.165, 1.54) is 30.6 Å². The zero-order valence-electron chi connectivity index (χ0n) is 12.7. The molecule has 0 spiro atoms. The Labute approximate surface area is 130 Å². The number of nitrogens with one attached hydrogen (secondary N) is 1. The molecule has 1 aromatic rings. The lowest BCUT2D eigenvalue weighted by Crippen LogP contribution is -2.46. The summed E-state index contributed by atoms with van der Waals surface area (Å²) in [4.78, 5) is 16.4. The molecule has 118 valence electrons. The van der Waals surface area contributed by atoms with Gasteiger partial charge in [-0.05, 0) is 19.3 Å². The highest BCUT2D eigenvalue weighted by Crippen LogP contribution is 2.31. The summed E-state index contributed by atoms with van der Waals surface area (Å²) in [6.45, 7) is 3.81. The van der Waals surface area contributed by atoms with E-state index in [-0.39, 0.29) is 11.5 Å². The van der Waals surface area contributed by atoms with Crippen molar-refractivity contribution in [3.8, 4) is 0 Å². The van der Waals surface area contributed by atoms with Crippen LogP contribution in [-0.4, -0.2) is 29.6 Å². The van der Waals surface area contributed by atoms with Crippen LogP contribution in [0.25, 0.3) is 0 Å². The molecule has 0 radical (unpaired) electrons. The summed E-state index contributed by atoms with van der Waals surface area (Å²) in [5.74, 6) is -0.129. The number of ether oxygens (including phenoxy) is 1. The molecule has 1 fully saturated rings. The normalized spacial score (nSPS) is 17.6. The van der Waals surface area contributed by atoms with Gasteiger partial charge in [0, 0.05) is 25.1 Å². The fraction of sp³-hybridized carbons (Fsp3) is 0.733. The number of amides is 1. The van der Waals surface area contributed by atoms with Crippen LogP contribution in [0.5, 0.6) is 0 Å². The Morgan fingerprint density at radius 3 is 2.86 bits per heavy atom. The van der Waals surface area contributed by atoms with Gasteiger partial charge in [-0.15, -0.1) is 11.3 Å². The molecule has 21 heavy (non-hydrogen) atoms. The van der Waals surface area contributed by atoms with E-state index in [1.54, 1.807) is 5.38 Å². The summed E-state index contributed by atoms with van der Waals surface area (Å²) in [5.41, 5.74) is 5.80. The minimum absolute atomic E-state index is 0.129. The van der Waals surface area contributed by atoms with Crippen molar-refractivity contribution in [3.05, 3.63) is 16.1 Å². The van der Waals surface area contributed by atoms with Gasteiger partial charge in [-0.2, -0.15) is 0 Å². The van der Waals surface area contributed by atoms with E-state index in [4.69, 9.17) is 10.5 Å².